The molecule has 0 bridgehead atoms. The van der Waals surface area contributed by atoms with Crippen molar-refractivity contribution in [1.82, 2.24) is 5.32 Å². The molecule has 0 unspecified atom stereocenters. The highest BCUT2D eigenvalue weighted by Crippen LogP contribution is 2.06. The molecule has 6 heteroatoms. The number of esters is 1. The molecule has 17 heavy (non-hydrogen) atoms. The van der Waals surface area contributed by atoms with Gasteiger partial charge in [-0.3, -0.25) is 9.59 Å². The third-order valence-electron chi connectivity index (χ3n) is 2.00. The van der Waals surface area contributed by atoms with Crippen molar-refractivity contribution in [2.75, 3.05) is 6.61 Å². The van der Waals surface area contributed by atoms with Crippen molar-refractivity contribution in [3.05, 3.63) is 11.3 Å². The number of nitrogens with one attached hydrogen (secondary N) is 1. The Balaban J connectivity index is 4.47. The first-order valence-electron chi connectivity index (χ1n) is 5.30. The number of carboxylic acid groups (broad SMARTS) is 1. The molecule has 0 aromatic heterocycles. The van der Waals surface area contributed by atoms with E-state index in [0.717, 1.165) is 0 Å². The van der Waals surface area contributed by atoms with Crippen LogP contribution in [0.15, 0.2) is 11.3 Å². The standard InChI is InChI=1S/C11H17NO5/c1-4-8(11(15)16)7(3)12-9(13)6-10(14)17-5-2/h4-6H2,1-3H3,(H,12,13)(H,15,16)/b8-7+. The molecule has 0 aliphatic rings. The number of amides is 1. The van der Waals surface area contributed by atoms with E-state index in [-0.39, 0.29) is 17.9 Å². The monoisotopic (exact) mass is 243 g/mol. The Morgan fingerprint density at radius 3 is 2.24 bits per heavy atom. The van der Waals surface area contributed by atoms with E-state index in [0.29, 0.717) is 6.42 Å². The van der Waals surface area contributed by atoms with Crippen LogP contribution in [0.4, 0.5) is 0 Å². The van der Waals surface area contributed by atoms with Gasteiger partial charge in [0.05, 0.1) is 12.2 Å². The van der Waals surface area contributed by atoms with E-state index in [1.165, 1.54) is 6.92 Å². The van der Waals surface area contributed by atoms with Gasteiger partial charge in [0.1, 0.15) is 6.42 Å². The van der Waals surface area contributed by atoms with Gasteiger partial charge in [-0.2, -0.15) is 0 Å². The van der Waals surface area contributed by atoms with Crippen molar-refractivity contribution in [1.29, 1.82) is 0 Å². The van der Waals surface area contributed by atoms with E-state index in [4.69, 9.17) is 5.11 Å². The van der Waals surface area contributed by atoms with Crippen LogP contribution in [0.2, 0.25) is 0 Å². The fourth-order valence-corrected chi connectivity index (χ4v) is 1.25. The van der Waals surface area contributed by atoms with Gasteiger partial charge < -0.3 is 15.2 Å². The van der Waals surface area contributed by atoms with Crippen molar-refractivity contribution in [2.24, 2.45) is 0 Å². The topological polar surface area (TPSA) is 92.7 Å². The molecule has 0 radical (unpaired) electrons. The predicted molar refractivity (Wildman–Crippen MR) is 60.0 cm³/mol. The molecule has 6 nitrogen and oxygen atoms in total. The minimum absolute atomic E-state index is 0.113. The zero-order valence-electron chi connectivity index (χ0n) is 10.2. The van der Waals surface area contributed by atoms with Crippen LogP contribution in [0.25, 0.3) is 0 Å². The van der Waals surface area contributed by atoms with Gasteiger partial charge in [0.15, 0.2) is 0 Å². The minimum Gasteiger partial charge on any atom is -0.478 e. The van der Waals surface area contributed by atoms with Crippen molar-refractivity contribution in [3.8, 4) is 0 Å². The van der Waals surface area contributed by atoms with Crippen LogP contribution in [0.1, 0.15) is 33.6 Å². The van der Waals surface area contributed by atoms with Crippen molar-refractivity contribution in [3.63, 3.8) is 0 Å². The molecule has 0 rings (SSSR count). The lowest BCUT2D eigenvalue weighted by Gasteiger charge is -2.08. The van der Waals surface area contributed by atoms with E-state index in [1.807, 2.05) is 0 Å². The van der Waals surface area contributed by atoms with Crippen LogP contribution in [0, 0.1) is 0 Å². The van der Waals surface area contributed by atoms with E-state index in [9.17, 15) is 14.4 Å². The quantitative estimate of drug-likeness (QED) is 0.409. The SMILES string of the molecule is CCOC(=O)CC(=O)N/C(C)=C(\CC)C(=O)O. The molecule has 0 heterocycles. The lowest BCUT2D eigenvalue weighted by Crippen LogP contribution is -2.26. The summed E-state index contributed by atoms with van der Waals surface area (Å²) in [6.45, 7) is 5.00. The van der Waals surface area contributed by atoms with Gasteiger partial charge in [0, 0.05) is 5.70 Å². The summed E-state index contributed by atoms with van der Waals surface area (Å²) in [5.74, 6) is -2.29. The van der Waals surface area contributed by atoms with Gasteiger partial charge in [-0.25, -0.2) is 4.79 Å². The van der Waals surface area contributed by atoms with Gasteiger partial charge in [0.25, 0.3) is 0 Å². The average Bonchev–Trinajstić information content (AvgIpc) is 2.17. The molecule has 0 atom stereocenters. The fraction of sp³-hybridized carbons (Fsp3) is 0.545. The Kier molecular flexibility index (Phi) is 6.62. The number of carbonyl (C=O) groups excluding carboxylic acids is 2. The molecule has 0 aliphatic heterocycles. The zero-order chi connectivity index (χ0) is 13.4. The molecule has 0 aromatic carbocycles. The van der Waals surface area contributed by atoms with Crippen LogP contribution in [0.5, 0.6) is 0 Å². The number of hydrogen-bond acceptors (Lipinski definition) is 4. The van der Waals surface area contributed by atoms with Gasteiger partial charge in [-0.15, -0.1) is 0 Å². The maximum atomic E-state index is 11.3. The van der Waals surface area contributed by atoms with Gasteiger partial charge in [0.2, 0.25) is 5.91 Å². The summed E-state index contributed by atoms with van der Waals surface area (Å²) in [4.78, 5) is 33.1. The van der Waals surface area contributed by atoms with Gasteiger partial charge in [-0.1, -0.05) is 6.92 Å². The first-order chi connectivity index (χ1) is 7.92. The first kappa shape index (κ1) is 15.2. The molecule has 0 saturated carbocycles. The minimum atomic E-state index is -1.08. The third kappa shape index (κ3) is 5.70. The maximum Gasteiger partial charge on any atom is 0.333 e. The van der Waals surface area contributed by atoms with Crippen molar-refractivity contribution < 1.29 is 24.2 Å². The molecule has 1 amide bonds. The summed E-state index contributed by atoms with van der Waals surface area (Å²) in [6, 6.07) is 0. The van der Waals surface area contributed by atoms with Crippen LogP contribution in [0.3, 0.4) is 0 Å². The smallest absolute Gasteiger partial charge is 0.333 e. The number of carboxylic acids is 1. The second-order valence-electron chi connectivity index (χ2n) is 3.29. The van der Waals surface area contributed by atoms with Crippen LogP contribution in [-0.4, -0.2) is 29.6 Å². The number of carbonyl (C=O) groups is 3. The summed E-state index contributed by atoms with van der Waals surface area (Å²) in [5.41, 5.74) is 0.358. The molecule has 0 fully saturated rings. The molecule has 0 aromatic rings. The second kappa shape index (κ2) is 7.43. The van der Waals surface area contributed by atoms with Gasteiger partial charge >= 0.3 is 11.9 Å². The Hall–Kier alpha value is -1.85. The molecule has 0 aliphatic carbocycles. The third-order valence-corrected chi connectivity index (χ3v) is 2.00. The molecular weight excluding hydrogens is 226 g/mol. The summed E-state index contributed by atoms with van der Waals surface area (Å²) in [6.07, 6.45) is -0.122. The highest BCUT2D eigenvalue weighted by molar-refractivity contribution is 5.96. The van der Waals surface area contributed by atoms with Crippen LogP contribution >= 0.6 is 0 Å². The van der Waals surface area contributed by atoms with Gasteiger partial charge in [-0.05, 0) is 20.3 Å². The zero-order valence-corrected chi connectivity index (χ0v) is 10.2. The van der Waals surface area contributed by atoms with E-state index in [1.54, 1.807) is 13.8 Å². The van der Waals surface area contributed by atoms with Crippen molar-refractivity contribution >= 4 is 17.8 Å². The summed E-state index contributed by atoms with van der Waals surface area (Å²) < 4.78 is 4.60. The Labute approximate surface area is 99.6 Å². The number of hydrogen-bond donors (Lipinski definition) is 2. The van der Waals surface area contributed by atoms with E-state index < -0.39 is 24.3 Å². The molecule has 2 N–H and O–H groups in total. The number of aliphatic carboxylic acids is 1. The molecule has 96 valence electrons. The molecular formula is C11H17NO5. The van der Waals surface area contributed by atoms with Crippen LogP contribution in [-0.2, 0) is 19.1 Å². The number of ether oxygens (including phenoxy) is 1. The van der Waals surface area contributed by atoms with E-state index in [2.05, 4.69) is 10.1 Å². The second-order valence-corrected chi connectivity index (χ2v) is 3.29. The molecule has 0 saturated heterocycles. The lowest BCUT2D eigenvalue weighted by atomic mass is 10.1. The van der Waals surface area contributed by atoms with Crippen LogP contribution < -0.4 is 5.32 Å². The summed E-state index contributed by atoms with van der Waals surface area (Å²) >= 11 is 0. The first-order valence-corrected chi connectivity index (χ1v) is 5.30. The molecule has 0 spiro atoms. The average molecular weight is 243 g/mol. The lowest BCUT2D eigenvalue weighted by molar-refractivity contribution is -0.145. The normalized spacial score (nSPS) is 11.5. The predicted octanol–water partition coefficient (Wildman–Crippen LogP) is 0.824. The van der Waals surface area contributed by atoms with E-state index >= 15 is 0 Å². The highest BCUT2D eigenvalue weighted by Gasteiger charge is 2.14. The Morgan fingerprint density at radius 2 is 1.82 bits per heavy atom. The Morgan fingerprint density at radius 1 is 1.24 bits per heavy atom. The largest absolute Gasteiger partial charge is 0.478 e. The van der Waals surface area contributed by atoms with Crippen molar-refractivity contribution in [2.45, 2.75) is 33.6 Å². The highest BCUT2D eigenvalue weighted by atomic mass is 16.5. The number of rotatable bonds is 6. The number of allylic oxidation sites excluding steroid dienone is 1. The fourth-order valence-electron chi connectivity index (χ4n) is 1.25. The summed E-state index contributed by atoms with van der Waals surface area (Å²) in [7, 11) is 0. The maximum absolute atomic E-state index is 11.3. The Bertz CT molecular complexity index is 346. The summed E-state index contributed by atoms with van der Waals surface area (Å²) in [5, 5.41) is 11.2.